The fraction of sp³-hybridized carbons (Fsp3) is 0.143. The summed E-state index contributed by atoms with van der Waals surface area (Å²) in [5.74, 6) is 0. The Labute approximate surface area is 99.4 Å². The number of nitriles is 1. The average Bonchev–Trinajstić information content (AvgIpc) is 2.99. The molecule has 0 atom stereocenters. The third kappa shape index (κ3) is 1.74. The predicted molar refractivity (Wildman–Crippen MR) is 65.9 cm³/mol. The van der Waals surface area contributed by atoms with E-state index in [0.717, 1.165) is 24.1 Å². The Bertz CT molecular complexity index is 615. The molecule has 0 fully saturated rings. The molecule has 0 unspecified atom stereocenters. The molecule has 0 amide bonds. The predicted octanol–water partition coefficient (Wildman–Crippen LogP) is 2.77. The van der Waals surface area contributed by atoms with E-state index in [1.165, 1.54) is 16.7 Å². The Balaban J connectivity index is 2.06. The normalized spacial score (nSPS) is 15.8. The molecule has 17 heavy (non-hydrogen) atoms. The molecule has 1 N–H and O–H groups in total. The lowest BCUT2D eigenvalue weighted by atomic mass is 10.0. The van der Waals surface area contributed by atoms with Crippen LogP contribution in [-0.4, -0.2) is 9.97 Å². The first-order chi connectivity index (χ1) is 8.36. The van der Waals surface area contributed by atoms with Crippen molar-refractivity contribution in [3.8, 4) is 6.07 Å². The van der Waals surface area contributed by atoms with E-state index < -0.39 is 0 Å². The van der Waals surface area contributed by atoms with Crippen molar-refractivity contribution in [2.75, 3.05) is 0 Å². The molecule has 2 aromatic rings. The van der Waals surface area contributed by atoms with E-state index in [-0.39, 0.29) is 0 Å². The molecule has 0 radical (unpaired) electrons. The van der Waals surface area contributed by atoms with Gasteiger partial charge in [0.1, 0.15) is 0 Å². The van der Waals surface area contributed by atoms with E-state index in [1.807, 2.05) is 18.3 Å². The summed E-state index contributed by atoms with van der Waals surface area (Å²) in [6, 6.07) is 8.10. The average molecular weight is 221 g/mol. The van der Waals surface area contributed by atoms with Gasteiger partial charge in [0.2, 0.25) is 0 Å². The van der Waals surface area contributed by atoms with E-state index in [1.54, 1.807) is 6.33 Å². The van der Waals surface area contributed by atoms with Crippen LogP contribution in [0, 0.1) is 11.3 Å². The number of hydrogen-bond acceptors (Lipinski definition) is 2. The number of fused-ring (bicyclic) bond motifs is 1. The van der Waals surface area contributed by atoms with Gasteiger partial charge in [-0.2, -0.15) is 5.26 Å². The summed E-state index contributed by atoms with van der Waals surface area (Å²) in [6.07, 6.45) is 7.71. The van der Waals surface area contributed by atoms with Crippen molar-refractivity contribution in [3.63, 3.8) is 0 Å². The van der Waals surface area contributed by atoms with Crippen molar-refractivity contribution in [2.24, 2.45) is 0 Å². The summed E-state index contributed by atoms with van der Waals surface area (Å²) >= 11 is 0. The van der Waals surface area contributed by atoms with Gasteiger partial charge in [-0.3, -0.25) is 0 Å². The summed E-state index contributed by atoms with van der Waals surface area (Å²) in [7, 11) is 0. The maximum absolute atomic E-state index is 8.92. The van der Waals surface area contributed by atoms with E-state index in [2.05, 4.69) is 28.2 Å². The summed E-state index contributed by atoms with van der Waals surface area (Å²) in [6.45, 7) is 0. The third-order valence-electron chi connectivity index (χ3n) is 3.09. The highest BCUT2D eigenvalue weighted by Gasteiger charge is 2.16. The van der Waals surface area contributed by atoms with Gasteiger partial charge in [-0.1, -0.05) is 6.07 Å². The number of H-pyrrole nitrogens is 1. The summed E-state index contributed by atoms with van der Waals surface area (Å²) in [5, 5.41) is 8.92. The topological polar surface area (TPSA) is 52.5 Å². The van der Waals surface area contributed by atoms with Crippen molar-refractivity contribution in [2.45, 2.75) is 12.8 Å². The number of benzene rings is 1. The number of nitrogens with one attached hydrogen (secondary N) is 1. The molecule has 3 rings (SSSR count). The van der Waals surface area contributed by atoms with Crippen LogP contribution in [0.4, 0.5) is 0 Å². The minimum Gasteiger partial charge on any atom is -0.351 e. The van der Waals surface area contributed by atoms with E-state index in [9.17, 15) is 0 Å². The van der Waals surface area contributed by atoms with Crippen LogP contribution in [0.25, 0.3) is 11.6 Å². The molecular formula is C14H11N3. The van der Waals surface area contributed by atoms with Crippen LogP contribution in [0.2, 0.25) is 0 Å². The van der Waals surface area contributed by atoms with Crippen LogP contribution in [0.5, 0.6) is 0 Å². The van der Waals surface area contributed by atoms with Gasteiger partial charge in [0.05, 0.1) is 23.7 Å². The molecular weight excluding hydrogens is 210 g/mol. The molecule has 1 aliphatic rings. The molecule has 3 heteroatoms. The van der Waals surface area contributed by atoms with E-state index >= 15 is 0 Å². The van der Waals surface area contributed by atoms with E-state index in [0.29, 0.717) is 0 Å². The van der Waals surface area contributed by atoms with Gasteiger partial charge in [-0.25, -0.2) is 4.98 Å². The van der Waals surface area contributed by atoms with Crippen molar-refractivity contribution in [1.82, 2.24) is 9.97 Å². The van der Waals surface area contributed by atoms with Crippen LogP contribution >= 0.6 is 0 Å². The second kappa shape index (κ2) is 3.91. The molecule has 0 saturated heterocycles. The first-order valence-corrected chi connectivity index (χ1v) is 5.59. The highest BCUT2D eigenvalue weighted by Crippen LogP contribution is 2.33. The first-order valence-electron chi connectivity index (χ1n) is 5.59. The van der Waals surface area contributed by atoms with Gasteiger partial charge in [0.15, 0.2) is 0 Å². The highest BCUT2D eigenvalue weighted by molar-refractivity contribution is 5.84. The van der Waals surface area contributed by atoms with Crippen LogP contribution in [0.15, 0.2) is 30.7 Å². The minimum absolute atomic E-state index is 0.721. The van der Waals surface area contributed by atoms with Crippen molar-refractivity contribution >= 4 is 11.6 Å². The lowest BCUT2D eigenvalue weighted by molar-refractivity contribution is 1.08. The number of imidazole rings is 1. The fourth-order valence-electron chi connectivity index (χ4n) is 2.25. The Hall–Kier alpha value is -2.34. The Kier molecular flexibility index (Phi) is 2.27. The molecule has 0 aliphatic heterocycles. The minimum atomic E-state index is 0.721. The number of hydrogen-bond donors (Lipinski definition) is 1. The molecule has 1 aromatic heterocycles. The van der Waals surface area contributed by atoms with Gasteiger partial charge >= 0.3 is 0 Å². The second-order valence-electron chi connectivity index (χ2n) is 4.15. The summed E-state index contributed by atoms with van der Waals surface area (Å²) in [4.78, 5) is 7.14. The maximum Gasteiger partial charge on any atom is 0.0991 e. The SMILES string of the molecule is N#Cc1ccc2c(c1)/C(=C\c1c[nH]cn1)CC2. The number of aromatic amines is 1. The number of nitrogens with zero attached hydrogens (tertiary/aromatic N) is 2. The lowest BCUT2D eigenvalue weighted by Gasteiger charge is -2.00. The number of aromatic nitrogens is 2. The van der Waals surface area contributed by atoms with Crippen molar-refractivity contribution in [3.05, 3.63) is 53.1 Å². The van der Waals surface area contributed by atoms with Gasteiger partial charge < -0.3 is 4.98 Å². The lowest BCUT2D eigenvalue weighted by Crippen LogP contribution is -1.83. The van der Waals surface area contributed by atoms with Gasteiger partial charge in [0, 0.05) is 6.20 Å². The first kappa shape index (κ1) is 9.86. The second-order valence-corrected chi connectivity index (χ2v) is 4.15. The molecule has 1 aromatic carbocycles. The van der Waals surface area contributed by atoms with Crippen LogP contribution in [0.3, 0.4) is 0 Å². The zero-order valence-corrected chi connectivity index (χ0v) is 9.27. The largest absolute Gasteiger partial charge is 0.351 e. The maximum atomic E-state index is 8.92. The molecule has 3 nitrogen and oxygen atoms in total. The zero-order chi connectivity index (χ0) is 11.7. The summed E-state index contributed by atoms with van der Waals surface area (Å²) < 4.78 is 0. The molecule has 0 bridgehead atoms. The molecule has 82 valence electrons. The molecule has 1 heterocycles. The van der Waals surface area contributed by atoms with Gasteiger partial charge in [0.25, 0.3) is 0 Å². The molecule has 1 aliphatic carbocycles. The highest BCUT2D eigenvalue weighted by atomic mass is 14.8. The van der Waals surface area contributed by atoms with Crippen LogP contribution < -0.4 is 0 Å². The third-order valence-corrected chi connectivity index (χ3v) is 3.09. The Morgan fingerprint density at radius 3 is 3.06 bits per heavy atom. The van der Waals surface area contributed by atoms with Crippen molar-refractivity contribution < 1.29 is 0 Å². The quantitative estimate of drug-likeness (QED) is 0.805. The number of allylic oxidation sites excluding steroid dienone is 1. The molecule has 0 saturated carbocycles. The van der Waals surface area contributed by atoms with Crippen molar-refractivity contribution in [1.29, 1.82) is 5.26 Å². The standard InChI is InChI=1S/C14H11N3/c15-7-10-1-2-11-3-4-12(14(11)5-10)6-13-8-16-9-17-13/h1-2,5-6,8-9H,3-4H2,(H,16,17)/b12-6-. The zero-order valence-electron chi connectivity index (χ0n) is 9.27. The van der Waals surface area contributed by atoms with Gasteiger partial charge in [-0.15, -0.1) is 0 Å². The number of rotatable bonds is 1. The Morgan fingerprint density at radius 1 is 1.35 bits per heavy atom. The monoisotopic (exact) mass is 221 g/mol. The Morgan fingerprint density at radius 2 is 2.29 bits per heavy atom. The molecule has 0 spiro atoms. The number of aryl methyl sites for hydroxylation is 1. The summed E-state index contributed by atoms with van der Waals surface area (Å²) in [5.41, 5.74) is 5.45. The van der Waals surface area contributed by atoms with Crippen LogP contribution in [0.1, 0.15) is 28.8 Å². The van der Waals surface area contributed by atoms with E-state index in [4.69, 9.17) is 5.26 Å². The fourth-order valence-corrected chi connectivity index (χ4v) is 2.25. The van der Waals surface area contributed by atoms with Crippen LogP contribution in [-0.2, 0) is 6.42 Å². The smallest absolute Gasteiger partial charge is 0.0991 e. The van der Waals surface area contributed by atoms with Gasteiger partial charge in [-0.05, 0) is 47.8 Å².